The Hall–Kier alpha value is -3.10. The van der Waals surface area contributed by atoms with Crippen LogP contribution in [0.3, 0.4) is 0 Å². The summed E-state index contributed by atoms with van der Waals surface area (Å²) in [5.41, 5.74) is 4.97. The highest BCUT2D eigenvalue weighted by Gasteiger charge is 2.54. The van der Waals surface area contributed by atoms with Gasteiger partial charge >= 0.3 is 0 Å². The molecule has 2 heterocycles. The van der Waals surface area contributed by atoms with E-state index in [0.717, 1.165) is 11.1 Å². The number of non-ortho nitro benzene ring substituents is 1. The minimum Gasteiger partial charge on any atom is -0.295 e. The van der Waals surface area contributed by atoms with Gasteiger partial charge in [0.05, 0.1) is 16.9 Å². The summed E-state index contributed by atoms with van der Waals surface area (Å²) in [6.45, 7) is 0.464. The van der Waals surface area contributed by atoms with E-state index in [9.17, 15) is 19.7 Å². The summed E-state index contributed by atoms with van der Waals surface area (Å²) in [6.07, 6.45) is 0. The number of nitrogens with one attached hydrogen (secondary N) is 2. The van der Waals surface area contributed by atoms with Crippen molar-refractivity contribution in [1.82, 2.24) is 15.8 Å². The van der Waals surface area contributed by atoms with Crippen LogP contribution < -0.4 is 10.7 Å². The van der Waals surface area contributed by atoms with E-state index in [1.807, 2.05) is 30.3 Å². The molecule has 2 aliphatic rings. The zero-order valence-corrected chi connectivity index (χ0v) is 13.7. The third-order valence-electron chi connectivity index (χ3n) is 4.82. The first-order valence-electron chi connectivity index (χ1n) is 8.20. The van der Waals surface area contributed by atoms with Crippen molar-refractivity contribution in [1.29, 1.82) is 0 Å². The fourth-order valence-electron chi connectivity index (χ4n) is 3.60. The maximum atomic E-state index is 12.3. The number of nitrogens with zero attached hydrogens (tertiary/aromatic N) is 2. The average Bonchev–Trinajstić information content (AvgIpc) is 3.15. The summed E-state index contributed by atoms with van der Waals surface area (Å²) in [5.74, 6) is -1.23. The summed E-state index contributed by atoms with van der Waals surface area (Å²) in [5, 5.41) is 15.0. The monoisotopic (exact) mass is 352 g/mol. The van der Waals surface area contributed by atoms with E-state index >= 15 is 0 Å². The number of carbonyl (C=O) groups is 2. The van der Waals surface area contributed by atoms with Gasteiger partial charge in [0.1, 0.15) is 6.04 Å². The van der Waals surface area contributed by atoms with E-state index in [4.69, 9.17) is 0 Å². The molecule has 2 N–H and O–H groups in total. The van der Waals surface area contributed by atoms with E-state index < -0.39 is 22.9 Å². The molecule has 0 saturated carbocycles. The quantitative estimate of drug-likeness (QED) is 0.488. The Morgan fingerprint density at radius 2 is 1.69 bits per heavy atom. The van der Waals surface area contributed by atoms with Crippen molar-refractivity contribution in [2.24, 2.45) is 5.92 Å². The van der Waals surface area contributed by atoms with Crippen LogP contribution in [0.2, 0.25) is 0 Å². The molecule has 0 aromatic heterocycles. The zero-order valence-electron chi connectivity index (χ0n) is 13.7. The van der Waals surface area contributed by atoms with Gasteiger partial charge < -0.3 is 0 Å². The van der Waals surface area contributed by atoms with Crippen molar-refractivity contribution in [2.45, 2.75) is 18.6 Å². The van der Waals surface area contributed by atoms with E-state index in [1.54, 1.807) is 17.1 Å². The lowest BCUT2D eigenvalue weighted by Crippen LogP contribution is -2.43. The number of hydrogen-bond donors (Lipinski definition) is 2. The number of carbonyl (C=O) groups excluding carboxylic acids is 2. The van der Waals surface area contributed by atoms with Gasteiger partial charge in [0.2, 0.25) is 11.8 Å². The molecule has 2 aromatic carbocycles. The molecular weight excluding hydrogens is 336 g/mol. The van der Waals surface area contributed by atoms with E-state index in [-0.39, 0.29) is 17.5 Å². The van der Waals surface area contributed by atoms with Gasteiger partial charge in [-0.05, 0) is 11.1 Å². The summed E-state index contributed by atoms with van der Waals surface area (Å²) in [6, 6.07) is 14.7. The molecule has 0 radical (unpaired) electrons. The van der Waals surface area contributed by atoms with Gasteiger partial charge in [0.25, 0.3) is 5.69 Å². The van der Waals surface area contributed by atoms with Crippen molar-refractivity contribution in [3.8, 4) is 0 Å². The second kappa shape index (κ2) is 6.32. The predicted molar refractivity (Wildman–Crippen MR) is 91.4 cm³/mol. The number of hydrogen-bond acceptors (Lipinski definition) is 6. The van der Waals surface area contributed by atoms with Crippen molar-refractivity contribution < 1.29 is 14.5 Å². The zero-order chi connectivity index (χ0) is 18.3. The van der Waals surface area contributed by atoms with Crippen LogP contribution >= 0.6 is 0 Å². The number of nitro benzene ring substituents is 1. The van der Waals surface area contributed by atoms with Crippen molar-refractivity contribution in [2.75, 3.05) is 0 Å². The summed E-state index contributed by atoms with van der Waals surface area (Å²) >= 11 is 0. The summed E-state index contributed by atoms with van der Waals surface area (Å²) in [7, 11) is 0. The topological polar surface area (TPSA) is 105 Å². The van der Waals surface area contributed by atoms with Crippen LogP contribution in [0.25, 0.3) is 0 Å². The van der Waals surface area contributed by atoms with Crippen LogP contribution in [0.1, 0.15) is 17.2 Å². The number of benzene rings is 2. The summed E-state index contributed by atoms with van der Waals surface area (Å²) < 4.78 is 0. The second-order valence-corrected chi connectivity index (χ2v) is 6.39. The number of nitro groups is 1. The Kier molecular flexibility index (Phi) is 3.98. The Bertz CT molecular complexity index is 869. The highest BCUT2D eigenvalue weighted by atomic mass is 16.6. The lowest BCUT2D eigenvalue weighted by atomic mass is 9.91. The van der Waals surface area contributed by atoms with Gasteiger partial charge in [-0.2, -0.15) is 0 Å². The molecule has 0 unspecified atom stereocenters. The van der Waals surface area contributed by atoms with Crippen molar-refractivity contribution >= 4 is 17.5 Å². The number of imide groups is 1. The first-order chi connectivity index (χ1) is 12.5. The van der Waals surface area contributed by atoms with Gasteiger partial charge in [-0.3, -0.25) is 25.0 Å². The van der Waals surface area contributed by atoms with E-state index in [0.29, 0.717) is 6.54 Å². The average molecular weight is 352 g/mol. The largest absolute Gasteiger partial charge is 0.295 e. The van der Waals surface area contributed by atoms with Gasteiger partial charge in [-0.15, -0.1) is 0 Å². The Morgan fingerprint density at radius 3 is 2.35 bits per heavy atom. The number of hydrazine groups is 1. The molecule has 0 bridgehead atoms. The molecule has 2 saturated heterocycles. The highest BCUT2D eigenvalue weighted by Crippen LogP contribution is 2.37. The molecule has 0 aliphatic carbocycles. The fraction of sp³-hybridized carbons (Fsp3) is 0.222. The Morgan fingerprint density at radius 1 is 1.00 bits per heavy atom. The van der Waals surface area contributed by atoms with Gasteiger partial charge in [-0.1, -0.05) is 42.5 Å². The third kappa shape index (κ3) is 2.75. The van der Waals surface area contributed by atoms with E-state index in [1.165, 1.54) is 12.1 Å². The molecule has 8 heteroatoms. The minimum absolute atomic E-state index is 0.0172. The number of rotatable bonds is 4. The Balaban J connectivity index is 1.64. The van der Waals surface area contributed by atoms with Crippen LogP contribution in [0.15, 0.2) is 54.6 Å². The first-order valence-corrected chi connectivity index (χ1v) is 8.20. The maximum Gasteiger partial charge on any atom is 0.269 e. The summed E-state index contributed by atoms with van der Waals surface area (Å²) in [4.78, 5) is 35.0. The third-order valence-corrected chi connectivity index (χ3v) is 4.82. The van der Waals surface area contributed by atoms with Crippen LogP contribution in [-0.2, 0) is 16.1 Å². The molecule has 0 spiro atoms. The molecule has 4 rings (SSSR count). The number of amides is 2. The molecular formula is C18H16N4O4. The maximum absolute atomic E-state index is 12.3. The Labute approximate surface area is 148 Å². The lowest BCUT2D eigenvalue weighted by molar-refractivity contribution is -0.384. The fourth-order valence-corrected chi connectivity index (χ4v) is 3.60. The molecule has 8 nitrogen and oxygen atoms in total. The highest BCUT2D eigenvalue weighted by molar-refractivity contribution is 6.07. The molecule has 2 amide bonds. The smallest absolute Gasteiger partial charge is 0.269 e. The van der Waals surface area contributed by atoms with Gasteiger partial charge in [-0.25, -0.2) is 10.4 Å². The lowest BCUT2D eigenvalue weighted by Gasteiger charge is -2.22. The van der Waals surface area contributed by atoms with Crippen LogP contribution in [0.4, 0.5) is 5.69 Å². The standard InChI is InChI=1S/C18H16N4O4/c23-17-14-15(12-6-8-13(9-7-12)22(25)26)20-21(16(14)18(24)19-17)10-11-4-2-1-3-5-11/h1-9,14-16,20H,10H2,(H,19,23,24)/t14-,15+,16+/m1/s1. The van der Waals surface area contributed by atoms with E-state index in [2.05, 4.69) is 10.7 Å². The molecule has 132 valence electrons. The first kappa shape index (κ1) is 16.4. The minimum atomic E-state index is -0.608. The van der Waals surface area contributed by atoms with Gasteiger partial charge in [0.15, 0.2) is 0 Å². The number of fused-ring (bicyclic) bond motifs is 1. The molecule has 2 fully saturated rings. The molecule has 2 aromatic rings. The normalized spacial score (nSPS) is 25.2. The molecule has 26 heavy (non-hydrogen) atoms. The molecule has 3 atom stereocenters. The second-order valence-electron chi connectivity index (χ2n) is 6.39. The SMILES string of the molecule is O=C1NC(=O)[C@@H]2[C@H]1[C@H](c1ccc([N+](=O)[O-])cc1)NN2Cc1ccccc1. The van der Waals surface area contributed by atoms with Crippen molar-refractivity contribution in [3.05, 3.63) is 75.8 Å². The van der Waals surface area contributed by atoms with Crippen LogP contribution in [0, 0.1) is 16.0 Å². The van der Waals surface area contributed by atoms with Gasteiger partial charge in [0, 0.05) is 18.7 Å². The predicted octanol–water partition coefficient (Wildman–Crippen LogP) is 1.30. The van der Waals surface area contributed by atoms with Crippen LogP contribution in [-0.4, -0.2) is 27.8 Å². The molecule has 2 aliphatic heterocycles. The van der Waals surface area contributed by atoms with Crippen LogP contribution in [0.5, 0.6) is 0 Å². The van der Waals surface area contributed by atoms with Crippen molar-refractivity contribution in [3.63, 3.8) is 0 Å².